The molecule has 0 bridgehead atoms. The van der Waals surface area contributed by atoms with Gasteiger partial charge in [0.1, 0.15) is 0 Å². The summed E-state index contributed by atoms with van der Waals surface area (Å²) in [4.78, 5) is 2.14. The number of alkyl halides is 3. The number of anilines is 1. The fraction of sp³-hybridized carbons (Fsp3) is 0.333. The van der Waals surface area contributed by atoms with Gasteiger partial charge in [-0.05, 0) is 23.6 Å². The molecule has 1 heterocycles. The first-order chi connectivity index (χ1) is 9.55. The minimum absolute atomic E-state index is 0. The molecule has 2 nitrogen and oxygen atoms in total. The summed E-state index contributed by atoms with van der Waals surface area (Å²) >= 11 is 0. The predicted octanol–water partition coefficient (Wildman–Crippen LogP) is 4.11. The summed E-state index contributed by atoms with van der Waals surface area (Å²) in [6.45, 7) is 3.34. The van der Waals surface area contributed by atoms with Crippen LogP contribution in [0.1, 0.15) is 5.56 Å². The third-order valence-corrected chi connectivity index (χ3v) is 3.64. The number of fused-ring (bicyclic) bond motifs is 1. The van der Waals surface area contributed by atoms with Crippen LogP contribution in [-0.4, -0.2) is 26.2 Å². The summed E-state index contributed by atoms with van der Waals surface area (Å²) in [6, 6.07) is 9.59. The average Bonchev–Trinajstić information content (AvgIpc) is 2.46. The van der Waals surface area contributed by atoms with Gasteiger partial charge in [0.05, 0.1) is 5.56 Å². The van der Waals surface area contributed by atoms with E-state index in [0.29, 0.717) is 5.39 Å². The lowest BCUT2D eigenvalue weighted by atomic mass is 10.0. The molecule has 0 atom stereocenters. The van der Waals surface area contributed by atoms with Crippen molar-refractivity contribution in [3.05, 3.63) is 42.0 Å². The van der Waals surface area contributed by atoms with E-state index < -0.39 is 11.7 Å². The Morgan fingerprint density at radius 2 is 1.64 bits per heavy atom. The third kappa shape index (κ3) is 3.77. The number of nitrogens with zero attached hydrogens (tertiary/aromatic N) is 1. The van der Waals surface area contributed by atoms with Crippen molar-refractivity contribution in [2.24, 2.45) is 0 Å². The van der Waals surface area contributed by atoms with Crippen molar-refractivity contribution in [3.63, 3.8) is 0 Å². The van der Waals surface area contributed by atoms with Gasteiger partial charge >= 0.3 is 6.18 Å². The first-order valence-electron chi connectivity index (χ1n) is 6.61. The van der Waals surface area contributed by atoms with Gasteiger partial charge in [0.2, 0.25) is 0 Å². The smallest absolute Gasteiger partial charge is 0.368 e. The highest BCUT2D eigenvalue weighted by Gasteiger charge is 2.30. The van der Waals surface area contributed by atoms with Crippen LogP contribution < -0.4 is 10.2 Å². The molecule has 1 fully saturated rings. The molecule has 7 heteroatoms. The first kappa shape index (κ1) is 18.9. The zero-order valence-electron chi connectivity index (χ0n) is 11.7. The van der Waals surface area contributed by atoms with E-state index in [-0.39, 0.29) is 24.8 Å². The van der Waals surface area contributed by atoms with Crippen molar-refractivity contribution in [1.29, 1.82) is 0 Å². The van der Waals surface area contributed by atoms with Crippen molar-refractivity contribution in [2.45, 2.75) is 6.18 Å². The fourth-order valence-corrected chi connectivity index (χ4v) is 2.61. The summed E-state index contributed by atoms with van der Waals surface area (Å²) in [6.07, 6.45) is -4.30. The number of piperazine rings is 1. The molecule has 0 aliphatic carbocycles. The molecule has 0 radical (unpaired) electrons. The topological polar surface area (TPSA) is 15.3 Å². The van der Waals surface area contributed by atoms with Crippen LogP contribution in [0.3, 0.4) is 0 Å². The molecule has 0 saturated carbocycles. The number of hydrogen-bond acceptors (Lipinski definition) is 2. The molecule has 0 unspecified atom stereocenters. The Morgan fingerprint density at radius 1 is 0.955 bits per heavy atom. The number of hydrogen-bond donors (Lipinski definition) is 1. The standard InChI is InChI=1S/C15H15F3N2.2ClH/c16-15(17,18)12-5-4-11-2-1-3-14(13(11)10-12)20-8-6-19-7-9-20;;/h1-5,10,19H,6-9H2;2*1H. The molecule has 2 aromatic carbocycles. The van der Waals surface area contributed by atoms with Gasteiger partial charge in [-0.3, -0.25) is 0 Å². The molecule has 0 spiro atoms. The van der Waals surface area contributed by atoms with Crippen molar-refractivity contribution >= 4 is 41.3 Å². The van der Waals surface area contributed by atoms with Gasteiger partial charge in [0.25, 0.3) is 0 Å². The van der Waals surface area contributed by atoms with Crippen LogP contribution in [0.2, 0.25) is 0 Å². The van der Waals surface area contributed by atoms with E-state index in [2.05, 4.69) is 10.2 Å². The second-order valence-electron chi connectivity index (χ2n) is 4.95. The number of rotatable bonds is 1. The molecule has 3 rings (SSSR count). The summed E-state index contributed by atoms with van der Waals surface area (Å²) in [5.41, 5.74) is 0.294. The van der Waals surface area contributed by atoms with Crippen molar-refractivity contribution < 1.29 is 13.2 Å². The Hall–Kier alpha value is -1.17. The van der Waals surface area contributed by atoms with E-state index in [0.717, 1.165) is 43.3 Å². The van der Waals surface area contributed by atoms with Crippen LogP contribution >= 0.6 is 24.8 Å². The lowest BCUT2D eigenvalue weighted by molar-refractivity contribution is -0.137. The van der Waals surface area contributed by atoms with Crippen LogP contribution in [0.15, 0.2) is 36.4 Å². The highest BCUT2D eigenvalue weighted by molar-refractivity contribution is 5.95. The maximum atomic E-state index is 12.9. The van der Waals surface area contributed by atoms with E-state index >= 15 is 0 Å². The van der Waals surface area contributed by atoms with Crippen molar-refractivity contribution in [1.82, 2.24) is 5.32 Å². The normalized spacial score (nSPS) is 15.1. The lowest BCUT2D eigenvalue weighted by Gasteiger charge is -2.30. The second-order valence-corrected chi connectivity index (χ2v) is 4.95. The van der Waals surface area contributed by atoms with Crippen LogP contribution in [0.5, 0.6) is 0 Å². The highest BCUT2D eigenvalue weighted by atomic mass is 35.5. The molecule has 1 aliphatic heterocycles. The largest absolute Gasteiger partial charge is 0.416 e. The second kappa shape index (κ2) is 7.40. The quantitative estimate of drug-likeness (QED) is 0.830. The minimum Gasteiger partial charge on any atom is -0.368 e. The molecule has 0 amide bonds. The van der Waals surface area contributed by atoms with Crippen molar-refractivity contribution in [3.8, 4) is 0 Å². The van der Waals surface area contributed by atoms with Crippen molar-refractivity contribution in [2.75, 3.05) is 31.1 Å². The van der Waals surface area contributed by atoms with E-state index in [4.69, 9.17) is 0 Å². The lowest BCUT2D eigenvalue weighted by Crippen LogP contribution is -2.43. The molecule has 1 saturated heterocycles. The first-order valence-corrected chi connectivity index (χ1v) is 6.61. The predicted molar refractivity (Wildman–Crippen MR) is 88.5 cm³/mol. The Labute approximate surface area is 139 Å². The van der Waals surface area contributed by atoms with Crippen LogP contribution in [0, 0.1) is 0 Å². The van der Waals surface area contributed by atoms with Gasteiger partial charge in [-0.25, -0.2) is 0 Å². The zero-order valence-corrected chi connectivity index (χ0v) is 13.3. The monoisotopic (exact) mass is 352 g/mol. The Kier molecular flexibility index (Phi) is 6.35. The molecular weight excluding hydrogens is 336 g/mol. The van der Waals surface area contributed by atoms with Crippen LogP contribution in [0.4, 0.5) is 18.9 Å². The average molecular weight is 353 g/mol. The molecule has 1 N–H and O–H groups in total. The number of benzene rings is 2. The van der Waals surface area contributed by atoms with Gasteiger partial charge < -0.3 is 10.2 Å². The van der Waals surface area contributed by atoms with Crippen LogP contribution in [-0.2, 0) is 6.18 Å². The fourth-order valence-electron chi connectivity index (χ4n) is 2.61. The maximum absolute atomic E-state index is 12.9. The summed E-state index contributed by atoms with van der Waals surface area (Å²) in [5.74, 6) is 0. The van der Waals surface area contributed by atoms with Gasteiger partial charge in [-0.1, -0.05) is 18.2 Å². The minimum atomic E-state index is -4.30. The Balaban J connectivity index is 0.00000121. The third-order valence-electron chi connectivity index (χ3n) is 3.64. The summed E-state index contributed by atoms with van der Waals surface area (Å²) in [7, 11) is 0. The Morgan fingerprint density at radius 3 is 2.27 bits per heavy atom. The van der Waals surface area contributed by atoms with Gasteiger partial charge in [-0.15, -0.1) is 24.8 Å². The zero-order chi connectivity index (χ0) is 14.2. The summed E-state index contributed by atoms with van der Waals surface area (Å²) in [5, 5.41) is 4.76. The number of halogens is 5. The SMILES string of the molecule is Cl.Cl.FC(F)(F)c1ccc2cccc(N3CCNCC3)c2c1. The molecule has 2 aromatic rings. The van der Waals surface area contributed by atoms with Gasteiger partial charge in [-0.2, -0.15) is 13.2 Å². The van der Waals surface area contributed by atoms with E-state index in [9.17, 15) is 13.2 Å². The van der Waals surface area contributed by atoms with Gasteiger partial charge in [0.15, 0.2) is 0 Å². The molecule has 1 aliphatic rings. The van der Waals surface area contributed by atoms with E-state index in [1.165, 1.54) is 6.07 Å². The molecule has 0 aromatic heterocycles. The van der Waals surface area contributed by atoms with Gasteiger partial charge in [0, 0.05) is 37.3 Å². The van der Waals surface area contributed by atoms with E-state index in [1.54, 1.807) is 6.07 Å². The van der Waals surface area contributed by atoms with E-state index in [1.807, 2.05) is 18.2 Å². The highest BCUT2D eigenvalue weighted by Crippen LogP contribution is 2.34. The molecular formula is C15H17Cl2F3N2. The summed E-state index contributed by atoms with van der Waals surface area (Å²) < 4.78 is 38.6. The molecule has 22 heavy (non-hydrogen) atoms. The Bertz CT molecular complexity index is 626. The number of nitrogens with one attached hydrogen (secondary N) is 1. The van der Waals surface area contributed by atoms with Crippen LogP contribution in [0.25, 0.3) is 10.8 Å². The maximum Gasteiger partial charge on any atom is 0.416 e. The molecule has 122 valence electrons.